The number of rotatable bonds is 5. The lowest BCUT2D eigenvalue weighted by Gasteiger charge is -2.25. The lowest BCUT2D eigenvalue weighted by molar-refractivity contribution is -0.131. The van der Waals surface area contributed by atoms with E-state index in [0.717, 1.165) is 14.7 Å². The second-order valence-electron chi connectivity index (χ2n) is 6.34. The molecule has 0 spiro atoms. The highest BCUT2D eigenvalue weighted by Crippen LogP contribution is 2.33. The maximum atomic E-state index is 13.2. The molecule has 0 bridgehead atoms. The van der Waals surface area contributed by atoms with Gasteiger partial charge < -0.3 is 5.32 Å². The summed E-state index contributed by atoms with van der Waals surface area (Å²) >= 11 is 1.50. The van der Waals surface area contributed by atoms with Crippen molar-refractivity contribution in [3.63, 3.8) is 0 Å². The molecular formula is C19H19FN2O3S. The highest BCUT2D eigenvalue weighted by Gasteiger charge is 2.51. The van der Waals surface area contributed by atoms with Crippen molar-refractivity contribution in [1.82, 2.24) is 10.2 Å². The second kappa shape index (κ2) is 6.64. The number of urea groups is 1. The van der Waals surface area contributed by atoms with Gasteiger partial charge in [-0.05, 0) is 44.0 Å². The van der Waals surface area contributed by atoms with E-state index in [1.54, 1.807) is 13.0 Å². The SMILES string of the molecule is CC[C@]1(c2ccc(F)cc2)NC(=O)N(CC(=O)c2cc(C)sc2C)C1=O. The van der Waals surface area contributed by atoms with Gasteiger partial charge in [-0.2, -0.15) is 0 Å². The van der Waals surface area contributed by atoms with E-state index in [-0.39, 0.29) is 12.3 Å². The third-order valence-corrected chi connectivity index (χ3v) is 5.65. The number of carbonyl (C=O) groups excluding carboxylic acids is 3. The van der Waals surface area contributed by atoms with E-state index in [0.29, 0.717) is 17.5 Å². The first-order chi connectivity index (χ1) is 12.3. The molecular weight excluding hydrogens is 355 g/mol. The molecule has 1 atom stereocenters. The molecule has 2 heterocycles. The smallest absolute Gasteiger partial charge is 0.319 e. The number of hydrogen-bond acceptors (Lipinski definition) is 4. The molecule has 0 saturated carbocycles. The lowest BCUT2D eigenvalue weighted by atomic mass is 9.87. The molecule has 3 amide bonds. The molecule has 3 rings (SSSR count). The Morgan fingerprint density at radius 2 is 1.88 bits per heavy atom. The predicted octanol–water partition coefficient (Wildman–Crippen LogP) is 3.54. The van der Waals surface area contributed by atoms with Crippen LogP contribution in [0.4, 0.5) is 9.18 Å². The van der Waals surface area contributed by atoms with Crippen LogP contribution in [0.1, 0.15) is 39.0 Å². The molecule has 1 N–H and O–H groups in total. The van der Waals surface area contributed by atoms with Crippen LogP contribution in [0.5, 0.6) is 0 Å². The molecule has 136 valence electrons. The minimum atomic E-state index is -1.27. The van der Waals surface area contributed by atoms with Gasteiger partial charge in [-0.3, -0.25) is 14.5 Å². The van der Waals surface area contributed by atoms with Gasteiger partial charge >= 0.3 is 6.03 Å². The Hall–Kier alpha value is -2.54. The summed E-state index contributed by atoms with van der Waals surface area (Å²) in [5.41, 5.74) is -0.244. The molecule has 1 saturated heterocycles. The van der Waals surface area contributed by atoms with Gasteiger partial charge in [0.15, 0.2) is 5.78 Å². The van der Waals surface area contributed by atoms with E-state index in [9.17, 15) is 18.8 Å². The number of ketones is 1. The van der Waals surface area contributed by atoms with Gasteiger partial charge in [0.05, 0.1) is 6.54 Å². The van der Waals surface area contributed by atoms with Crippen LogP contribution in [0.25, 0.3) is 0 Å². The number of carbonyl (C=O) groups is 3. The molecule has 1 aromatic carbocycles. The van der Waals surface area contributed by atoms with Crippen molar-refractivity contribution in [2.45, 2.75) is 32.7 Å². The van der Waals surface area contributed by atoms with Crippen LogP contribution in [-0.4, -0.2) is 29.2 Å². The summed E-state index contributed by atoms with van der Waals surface area (Å²) < 4.78 is 13.2. The van der Waals surface area contributed by atoms with E-state index in [2.05, 4.69) is 5.32 Å². The summed E-state index contributed by atoms with van der Waals surface area (Å²) in [6.07, 6.45) is 0.296. The average molecular weight is 374 g/mol. The van der Waals surface area contributed by atoms with Crippen molar-refractivity contribution in [3.05, 3.63) is 57.0 Å². The van der Waals surface area contributed by atoms with Crippen LogP contribution < -0.4 is 5.32 Å². The zero-order valence-corrected chi connectivity index (χ0v) is 15.6. The molecule has 7 heteroatoms. The van der Waals surface area contributed by atoms with Gasteiger partial charge in [0.1, 0.15) is 11.4 Å². The maximum absolute atomic E-state index is 13.2. The Bertz CT molecular complexity index is 891. The molecule has 5 nitrogen and oxygen atoms in total. The average Bonchev–Trinajstić information content (AvgIpc) is 3.06. The van der Waals surface area contributed by atoms with Gasteiger partial charge in [0.25, 0.3) is 5.91 Å². The molecule has 0 unspecified atom stereocenters. The number of hydrogen-bond donors (Lipinski definition) is 1. The van der Waals surface area contributed by atoms with E-state index < -0.39 is 23.3 Å². The van der Waals surface area contributed by atoms with Gasteiger partial charge in [0, 0.05) is 15.3 Å². The second-order valence-corrected chi connectivity index (χ2v) is 7.80. The van der Waals surface area contributed by atoms with Crippen molar-refractivity contribution in [2.75, 3.05) is 6.54 Å². The van der Waals surface area contributed by atoms with Crippen molar-refractivity contribution in [2.24, 2.45) is 0 Å². The molecule has 1 aliphatic heterocycles. The lowest BCUT2D eigenvalue weighted by Crippen LogP contribution is -2.43. The largest absolute Gasteiger partial charge is 0.325 e. The van der Waals surface area contributed by atoms with Gasteiger partial charge in [-0.25, -0.2) is 9.18 Å². The number of aryl methyl sites for hydroxylation is 2. The number of benzene rings is 1. The number of nitrogens with one attached hydrogen (secondary N) is 1. The fourth-order valence-corrected chi connectivity index (χ4v) is 4.22. The van der Waals surface area contributed by atoms with Crippen LogP contribution in [0.2, 0.25) is 0 Å². The molecule has 0 aliphatic carbocycles. The summed E-state index contributed by atoms with van der Waals surface area (Å²) in [7, 11) is 0. The van der Waals surface area contributed by atoms with Crippen molar-refractivity contribution in [3.8, 4) is 0 Å². The van der Waals surface area contributed by atoms with Crippen LogP contribution in [0.3, 0.4) is 0 Å². The molecule has 1 aliphatic rings. The van der Waals surface area contributed by atoms with E-state index in [1.165, 1.54) is 35.6 Å². The van der Waals surface area contributed by atoms with Crippen LogP contribution in [-0.2, 0) is 10.3 Å². The number of nitrogens with zero attached hydrogens (tertiary/aromatic N) is 1. The summed E-state index contributed by atoms with van der Waals surface area (Å²) in [5, 5.41) is 2.69. The first kappa shape index (κ1) is 18.3. The fourth-order valence-electron chi connectivity index (χ4n) is 3.28. The summed E-state index contributed by atoms with van der Waals surface area (Å²) in [6.45, 7) is 5.19. The Balaban J connectivity index is 1.89. The van der Waals surface area contributed by atoms with Gasteiger partial charge in [-0.15, -0.1) is 11.3 Å². The summed E-state index contributed by atoms with van der Waals surface area (Å²) in [6, 6.07) is 6.62. The van der Waals surface area contributed by atoms with Crippen LogP contribution >= 0.6 is 11.3 Å². The minimum absolute atomic E-state index is 0.277. The topological polar surface area (TPSA) is 66.5 Å². The number of thiophene rings is 1. The number of Topliss-reactive ketones (excluding diaryl/α,β-unsaturated/α-hetero) is 1. The van der Waals surface area contributed by atoms with Crippen molar-refractivity contribution >= 4 is 29.1 Å². The fraction of sp³-hybridized carbons (Fsp3) is 0.316. The predicted molar refractivity (Wildman–Crippen MR) is 96.7 cm³/mol. The third-order valence-electron chi connectivity index (χ3n) is 4.69. The minimum Gasteiger partial charge on any atom is -0.319 e. The van der Waals surface area contributed by atoms with Crippen molar-refractivity contribution < 1.29 is 18.8 Å². The highest BCUT2D eigenvalue weighted by atomic mass is 32.1. The third kappa shape index (κ3) is 2.92. The summed E-state index contributed by atoms with van der Waals surface area (Å²) in [5.74, 6) is -1.19. The quantitative estimate of drug-likeness (QED) is 0.643. The Morgan fingerprint density at radius 3 is 2.42 bits per heavy atom. The Kier molecular flexibility index (Phi) is 4.66. The standard InChI is InChI=1S/C19H19FN2O3S/c1-4-19(13-5-7-14(20)8-6-13)17(24)22(18(25)21-19)10-16(23)15-9-11(2)26-12(15)3/h5-9H,4,10H2,1-3H3,(H,21,25)/t19-/m1/s1. The van der Waals surface area contributed by atoms with Crippen molar-refractivity contribution in [1.29, 1.82) is 0 Å². The zero-order chi connectivity index (χ0) is 19.1. The van der Waals surface area contributed by atoms with E-state index >= 15 is 0 Å². The van der Waals surface area contributed by atoms with Gasteiger partial charge in [-0.1, -0.05) is 19.1 Å². The van der Waals surface area contributed by atoms with E-state index in [1.807, 2.05) is 13.8 Å². The molecule has 26 heavy (non-hydrogen) atoms. The molecule has 1 aromatic heterocycles. The Labute approximate surface area is 154 Å². The number of halogens is 1. The molecule has 1 fully saturated rings. The number of amides is 3. The number of imide groups is 1. The van der Waals surface area contributed by atoms with E-state index in [4.69, 9.17) is 0 Å². The normalized spacial score (nSPS) is 19.8. The zero-order valence-electron chi connectivity index (χ0n) is 14.8. The first-order valence-electron chi connectivity index (χ1n) is 8.29. The first-order valence-corrected chi connectivity index (χ1v) is 9.10. The Morgan fingerprint density at radius 1 is 1.23 bits per heavy atom. The molecule has 2 aromatic rings. The summed E-state index contributed by atoms with van der Waals surface area (Å²) in [4.78, 5) is 40.8. The monoisotopic (exact) mass is 374 g/mol. The van der Waals surface area contributed by atoms with Gasteiger partial charge in [0.2, 0.25) is 0 Å². The maximum Gasteiger partial charge on any atom is 0.325 e. The van der Waals surface area contributed by atoms with Crippen LogP contribution in [0.15, 0.2) is 30.3 Å². The molecule has 0 radical (unpaired) electrons. The highest BCUT2D eigenvalue weighted by molar-refractivity contribution is 7.12. The van der Waals surface area contributed by atoms with Crippen LogP contribution in [0, 0.1) is 19.7 Å².